The molecule has 0 saturated carbocycles. The minimum atomic E-state index is -0.502. The minimum absolute atomic E-state index is 0.0801. The fourth-order valence-electron chi connectivity index (χ4n) is 2.09. The number of non-ortho nitro benzene ring substituents is 1. The fourth-order valence-corrected chi connectivity index (χ4v) is 2.09. The Morgan fingerprint density at radius 1 is 1.20 bits per heavy atom. The van der Waals surface area contributed by atoms with E-state index >= 15 is 0 Å². The molecule has 0 aliphatic carbocycles. The highest BCUT2D eigenvalue weighted by Crippen LogP contribution is 2.31. The van der Waals surface area contributed by atoms with Gasteiger partial charge in [-0.15, -0.1) is 0 Å². The van der Waals surface area contributed by atoms with E-state index in [-0.39, 0.29) is 11.3 Å². The molecule has 0 amide bonds. The van der Waals surface area contributed by atoms with Gasteiger partial charge in [0, 0.05) is 24.9 Å². The SMILES string of the molecule is Cc1ccccc1N(C)c1ccc([N+](=O)[O-])cc1C#N. The van der Waals surface area contributed by atoms with Gasteiger partial charge in [-0.2, -0.15) is 5.26 Å². The summed E-state index contributed by atoms with van der Waals surface area (Å²) in [6.07, 6.45) is 0. The van der Waals surface area contributed by atoms with E-state index in [1.54, 1.807) is 6.07 Å². The van der Waals surface area contributed by atoms with E-state index in [1.807, 2.05) is 49.2 Å². The first kappa shape index (κ1) is 13.6. The van der Waals surface area contributed by atoms with Gasteiger partial charge in [0.05, 0.1) is 16.2 Å². The molecule has 0 aliphatic rings. The molecular formula is C15H13N3O2. The number of hydrogen-bond acceptors (Lipinski definition) is 4. The minimum Gasteiger partial charge on any atom is -0.343 e. The molecule has 0 saturated heterocycles. The highest BCUT2D eigenvalue weighted by Gasteiger charge is 2.15. The molecule has 0 atom stereocenters. The van der Waals surface area contributed by atoms with E-state index < -0.39 is 4.92 Å². The largest absolute Gasteiger partial charge is 0.343 e. The molecule has 0 fully saturated rings. The van der Waals surface area contributed by atoms with Crippen molar-refractivity contribution in [1.29, 1.82) is 5.26 Å². The fraction of sp³-hybridized carbons (Fsp3) is 0.133. The van der Waals surface area contributed by atoms with Crippen LogP contribution in [-0.2, 0) is 0 Å². The lowest BCUT2D eigenvalue weighted by Crippen LogP contribution is -2.12. The predicted octanol–water partition coefficient (Wildman–Crippen LogP) is 3.54. The van der Waals surface area contributed by atoms with E-state index in [4.69, 9.17) is 0 Å². The van der Waals surface area contributed by atoms with Crippen LogP contribution in [0.15, 0.2) is 42.5 Å². The van der Waals surface area contributed by atoms with Crippen molar-refractivity contribution in [3.63, 3.8) is 0 Å². The first-order valence-electron chi connectivity index (χ1n) is 6.02. The Balaban J connectivity index is 2.51. The van der Waals surface area contributed by atoms with Crippen molar-refractivity contribution in [2.24, 2.45) is 0 Å². The molecule has 100 valence electrons. The third kappa shape index (κ3) is 2.45. The van der Waals surface area contributed by atoms with Gasteiger partial charge in [0.15, 0.2) is 0 Å². The topological polar surface area (TPSA) is 70.2 Å². The monoisotopic (exact) mass is 267 g/mol. The zero-order valence-corrected chi connectivity index (χ0v) is 11.2. The number of hydrogen-bond donors (Lipinski definition) is 0. The van der Waals surface area contributed by atoms with Crippen molar-refractivity contribution in [2.45, 2.75) is 6.92 Å². The average molecular weight is 267 g/mol. The highest BCUT2D eigenvalue weighted by molar-refractivity contribution is 5.72. The summed E-state index contributed by atoms with van der Waals surface area (Å²) in [5, 5.41) is 19.9. The quantitative estimate of drug-likeness (QED) is 0.630. The van der Waals surface area contributed by atoms with E-state index in [0.29, 0.717) is 5.69 Å². The molecule has 5 nitrogen and oxygen atoms in total. The smallest absolute Gasteiger partial charge is 0.270 e. The van der Waals surface area contributed by atoms with E-state index in [2.05, 4.69) is 0 Å². The molecule has 20 heavy (non-hydrogen) atoms. The van der Waals surface area contributed by atoms with Gasteiger partial charge in [-0.05, 0) is 24.6 Å². The molecule has 0 aromatic heterocycles. The summed E-state index contributed by atoms with van der Waals surface area (Å²) >= 11 is 0. The number of anilines is 2. The van der Waals surface area contributed by atoms with Crippen LogP contribution in [0.3, 0.4) is 0 Å². The zero-order valence-electron chi connectivity index (χ0n) is 11.2. The summed E-state index contributed by atoms with van der Waals surface area (Å²) in [7, 11) is 1.84. The van der Waals surface area contributed by atoms with Crippen LogP contribution in [0.25, 0.3) is 0 Å². The number of para-hydroxylation sites is 1. The van der Waals surface area contributed by atoms with E-state index in [0.717, 1.165) is 11.3 Å². The van der Waals surface area contributed by atoms with Crippen LogP contribution in [-0.4, -0.2) is 12.0 Å². The van der Waals surface area contributed by atoms with Gasteiger partial charge in [-0.3, -0.25) is 10.1 Å². The van der Waals surface area contributed by atoms with Crippen molar-refractivity contribution < 1.29 is 4.92 Å². The maximum Gasteiger partial charge on any atom is 0.270 e. The van der Waals surface area contributed by atoms with E-state index in [9.17, 15) is 15.4 Å². The van der Waals surface area contributed by atoms with Crippen molar-refractivity contribution in [1.82, 2.24) is 0 Å². The first-order chi connectivity index (χ1) is 9.54. The second kappa shape index (κ2) is 5.41. The lowest BCUT2D eigenvalue weighted by Gasteiger charge is -2.22. The summed E-state index contributed by atoms with van der Waals surface area (Å²) < 4.78 is 0. The lowest BCUT2D eigenvalue weighted by molar-refractivity contribution is -0.384. The van der Waals surface area contributed by atoms with Crippen molar-refractivity contribution >= 4 is 17.1 Å². The third-order valence-corrected chi connectivity index (χ3v) is 3.15. The van der Waals surface area contributed by atoms with Crippen LogP contribution in [0.5, 0.6) is 0 Å². The molecule has 2 aromatic rings. The van der Waals surface area contributed by atoms with Crippen LogP contribution in [0.4, 0.5) is 17.1 Å². The van der Waals surface area contributed by atoms with Crippen molar-refractivity contribution in [2.75, 3.05) is 11.9 Å². The van der Waals surface area contributed by atoms with Crippen LogP contribution < -0.4 is 4.90 Å². The van der Waals surface area contributed by atoms with Gasteiger partial charge in [0.25, 0.3) is 5.69 Å². The molecule has 0 unspecified atom stereocenters. The Morgan fingerprint density at radius 2 is 1.90 bits per heavy atom. The second-order valence-corrected chi connectivity index (χ2v) is 4.42. The standard InChI is InChI=1S/C15H13N3O2/c1-11-5-3-4-6-14(11)17(2)15-8-7-13(18(19)20)9-12(15)10-16/h3-9H,1-2H3. The molecule has 0 spiro atoms. The molecule has 2 rings (SSSR count). The normalized spacial score (nSPS) is 9.85. The Kier molecular flexibility index (Phi) is 3.67. The van der Waals surface area contributed by atoms with Gasteiger partial charge >= 0.3 is 0 Å². The second-order valence-electron chi connectivity index (χ2n) is 4.42. The van der Waals surface area contributed by atoms with Crippen LogP contribution in [0.2, 0.25) is 0 Å². The first-order valence-corrected chi connectivity index (χ1v) is 6.02. The summed E-state index contributed by atoms with van der Waals surface area (Å²) in [6, 6.07) is 14.1. The molecule has 0 N–H and O–H groups in total. The summed E-state index contributed by atoms with van der Waals surface area (Å²) in [4.78, 5) is 12.1. The van der Waals surface area contributed by atoms with Gasteiger partial charge in [0.2, 0.25) is 0 Å². The number of nitro groups is 1. The maximum atomic E-state index is 10.8. The molecular weight excluding hydrogens is 254 g/mol. The van der Waals surface area contributed by atoms with Gasteiger partial charge < -0.3 is 4.90 Å². The molecule has 5 heteroatoms. The molecule has 2 aromatic carbocycles. The number of aryl methyl sites for hydroxylation is 1. The average Bonchev–Trinajstić information content (AvgIpc) is 2.46. The summed E-state index contributed by atoms with van der Waals surface area (Å²) in [5.74, 6) is 0. The van der Waals surface area contributed by atoms with Crippen LogP contribution >= 0.6 is 0 Å². The molecule has 0 aliphatic heterocycles. The highest BCUT2D eigenvalue weighted by atomic mass is 16.6. The van der Waals surface area contributed by atoms with E-state index in [1.165, 1.54) is 12.1 Å². The van der Waals surface area contributed by atoms with Crippen LogP contribution in [0, 0.1) is 28.4 Å². The Bertz CT molecular complexity index is 705. The van der Waals surface area contributed by atoms with Gasteiger partial charge in [-0.1, -0.05) is 18.2 Å². The Hall–Kier alpha value is -2.87. The molecule has 0 bridgehead atoms. The lowest BCUT2D eigenvalue weighted by atomic mass is 10.1. The molecule has 0 heterocycles. The maximum absolute atomic E-state index is 10.8. The van der Waals surface area contributed by atoms with Crippen molar-refractivity contribution in [3.8, 4) is 6.07 Å². The van der Waals surface area contributed by atoms with Crippen LogP contribution in [0.1, 0.15) is 11.1 Å². The molecule has 0 radical (unpaired) electrons. The number of nitro benzene ring substituents is 1. The third-order valence-electron chi connectivity index (χ3n) is 3.15. The zero-order chi connectivity index (χ0) is 14.7. The number of nitrogens with zero attached hydrogens (tertiary/aromatic N) is 3. The van der Waals surface area contributed by atoms with Gasteiger partial charge in [-0.25, -0.2) is 0 Å². The van der Waals surface area contributed by atoms with Crippen molar-refractivity contribution in [3.05, 3.63) is 63.7 Å². The van der Waals surface area contributed by atoms with Gasteiger partial charge in [0.1, 0.15) is 6.07 Å². The Morgan fingerprint density at radius 3 is 2.50 bits per heavy atom. The summed E-state index contributed by atoms with van der Waals surface area (Å²) in [5.41, 5.74) is 2.87. The number of rotatable bonds is 3. The summed E-state index contributed by atoms with van der Waals surface area (Å²) in [6.45, 7) is 1.98. The predicted molar refractivity (Wildman–Crippen MR) is 77.1 cm³/mol. The Labute approximate surface area is 116 Å². The number of nitriles is 1. The number of benzene rings is 2.